The van der Waals surface area contributed by atoms with Gasteiger partial charge in [0.05, 0.1) is 31.4 Å². The monoisotopic (exact) mass is 456 g/mol. The van der Waals surface area contributed by atoms with Crippen molar-refractivity contribution >= 4 is 23.4 Å². The Bertz CT molecular complexity index is 1110. The summed E-state index contributed by atoms with van der Waals surface area (Å²) in [6.07, 6.45) is 0. The molecule has 1 aliphatic heterocycles. The number of carbonyl (C=O) groups is 3. The van der Waals surface area contributed by atoms with Crippen molar-refractivity contribution in [3.63, 3.8) is 0 Å². The highest BCUT2D eigenvalue weighted by atomic mass is 19.1. The lowest BCUT2D eigenvalue weighted by Gasteiger charge is -2.26. The number of aliphatic hydroxyl groups is 1. The van der Waals surface area contributed by atoms with Crippen molar-refractivity contribution in [1.29, 1.82) is 0 Å². The molecule has 3 rings (SSSR count). The quantitative estimate of drug-likeness (QED) is 0.296. The van der Waals surface area contributed by atoms with Gasteiger partial charge >= 0.3 is 5.97 Å². The molecule has 174 valence electrons. The molecule has 1 N–H and O–H groups in total. The average molecular weight is 456 g/mol. The van der Waals surface area contributed by atoms with Crippen LogP contribution in [0.15, 0.2) is 48.0 Å². The predicted octanol–water partition coefficient (Wildman–Crippen LogP) is 2.60. The summed E-state index contributed by atoms with van der Waals surface area (Å²) in [7, 11) is 6.24. The van der Waals surface area contributed by atoms with E-state index in [4.69, 9.17) is 9.47 Å². The summed E-state index contributed by atoms with van der Waals surface area (Å²) in [6, 6.07) is 9.07. The van der Waals surface area contributed by atoms with Crippen LogP contribution in [-0.2, 0) is 14.3 Å². The van der Waals surface area contributed by atoms with Gasteiger partial charge in [0.1, 0.15) is 5.76 Å². The zero-order valence-corrected chi connectivity index (χ0v) is 18.8. The molecule has 0 aromatic heterocycles. The lowest BCUT2D eigenvalue weighted by molar-refractivity contribution is -0.140. The molecule has 1 saturated heterocycles. The minimum Gasteiger partial charge on any atom is -0.507 e. The number of benzene rings is 2. The predicted molar refractivity (Wildman–Crippen MR) is 118 cm³/mol. The van der Waals surface area contributed by atoms with Gasteiger partial charge in [0.15, 0.2) is 11.6 Å². The Morgan fingerprint density at radius 3 is 2.27 bits per heavy atom. The zero-order chi connectivity index (χ0) is 24.3. The highest BCUT2D eigenvalue weighted by Crippen LogP contribution is 2.39. The van der Waals surface area contributed by atoms with Gasteiger partial charge in [-0.1, -0.05) is 12.1 Å². The second-order valence-corrected chi connectivity index (χ2v) is 7.76. The maximum absolute atomic E-state index is 14.3. The van der Waals surface area contributed by atoms with Crippen LogP contribution in [0.2, 0.25) is 0 Å². The average Bonchev–Trinajstić information content (AvgIpc) is 3.06. The minimum absolute atomic E-state index is 0.0204. The van der Waals surface area contributed by atoms with E-state index in [-0.39, 0.29) is 23.4 Å². The van der Waals surface area contributed by atoms with Crippen LogP contribution in [-0.4, -0.2) is 74.0 Å². The van der Waals surface area contributed by atoms with Crippen LogP contribution in [0.5, 0.6) is 5.75 Å². The van der Waals surface area contributed by atoms with E-state index in [0.29, 0.717) is 17.7 Å². The normalized spacial score (nSPS) is 17.5. The Balaban J connectivity index is 2.14. The summed E-state index contributed by atoms with van der Waals surface area (Å²) < 4.78 is 23.9. The number of nitrogens with zero attached hydrogens (tertiary/aromatic N) is 2. The molecule has 1 amide bonds. The highest BCUT2D eigenvalue weighted by molar-refractivity contribution is 6.46. The lowest BCUT2D eigenvalue weighted by Crippen LogP contribution is -2.35. The first-order valence-corrected chi connectivity index (χ1v) is 10.1. The molecule has 2 aromatic carbocycles. The summed E-state index contributed by atoms with van der Waals surface area (Å²) in [4.78, 5) is 40.9. The number of ether oxygens (including phenoxy) is 2. The first kappa shape index (κ1) is 23.9. The molecule has 0 aliphatic carbocycles. The first-order valence-electron chi connectivity index (χ1n) is 10.1. The smallest absolute Gasteiger partial charge is 0.337 e. The van der Waals surface area contributed by atoms with Crippen LogP contribution < -0.4 is 4.74 Å². The van der Waals surface area contributed by atoms with Crippen molar-refractivity contribution in [1.82, 2.24) is 9.80 Å². The van der Waals surface area contributed by atoms with E-state index in [1.807, 2.05) is 19.0 Å². The molecule has 1 aliphatic rings. The number of likely N-dealkylation sites (tertiary alicyclic amines) is 1. The number of likely N-dealkylation sites (N-methyl/N-ethyl adjacent to an activating group) is 1. The largest absolute Gasteiger partial charge is 0.507 e. The number of hydrogen-bond acceptors (Lipinski definition) is 7. The molecular formula is C24H25FN2O6. The van der Waals surface area contributed by atoms with E-state index < -0.39 is 35.3 Å². The van der Waals surface area contributed by atoms with Crippen molar-refractivity contribution in [2.75, 3.05) is 41.4 Å². The van der Waals surface area contributed by atoms with Gasteiger partial charge in [0.2, 0.25) is 0 Å². The fraction of sp³-hybridized carbons (Fsp3) is 0.292. The summed E-state index contributed by atoms with van der Waals surface area (Å²) in [6.45, 7) is 0.690. The molecule has 0 radical (unpaired) electrons. The minimum atomic E-state index is -0.915. The summed E-state index contributed by atoms with van der Waals surface area (Å²) >= 11 is 0. The standard InChI is InChI=1S/C24H25FN2O6/c1-26(2)11-12-27-20(14-5-7-15(8-6-14)24(31)33-4)19(22(29)23(27)30)21(28)16-9-10-18(32-3)17(25)13-16/h5-10,13,20,28H,11-12H2,1-4H3/b21-19+/t20-/m0/s1. The molecule has 0 spiro atoms. The third kappa shape index (κ3) is 4.73. The number of hydrogen-bond donors (Lipinski definition) is 1. The van der Waals surface area contributed by atoms with Crippen molar-refractivity contribution in [3.05, 3.63) is 70.5 Å². The number of halogens is 1. The Hall–Kier alpha value is -3.72. The molecule has 0 bridgehead atoms. The first-order chi connectivity index (χ1) is 15.7. The van der Waals surface area contributed by atoms with E-state index in [1.54, 1.807) is 12.1 Å². The molecular weight excluding hydrogens is 431 g/mol. The molecule has 1 heterocycles. The SMILES string of the molecule is COC(=O)c1ccc([C@H]2/C(=C(\O)c3ccc(OC)c(F)c3)C(=O)C(=O)N2CCN(C)C)cc1. The maximum Gasteiger partial charge on any atom is 0.337 e. The second-order valence-electron chi connectivity index (χ2n) is 7.76. The number of amides is 1. The summed E-state index contributed by atoms with van der Waals surface area (Å²) in [5.41, 5.74) is 0.684. The third-order valence-electron chi connectivity index (χ3n) is 5.40. The van der Waals surface area contributed by atoms with E-state index in [2.05, 4.69) is 0 Å². The van der Waals surface area contributed by atoms with Crippen LogP contribution in [0.3, 0.4) is 0 Å². The van der Waals surface area contributed by atoms with Crippen LogP contribution >= 0.6 is 0 Å². The Kier molecular flexibility index (Phi) is 7.13. The number of Topliss-reactive ketones (excluding diaryl/α,β-unsaturated/α-hetero) is 1. The van der Waals surface area contributed by atoms with Crippen LogP contribution in [0, 0.1) is 5.82 Å². The van der Waals surface area contributed by atoms with E-state index in [0.717, 1.165) is 6.07 Å². The zero-order valence-electron chi connectivity index (χ0n) is 18.8. The number of carbonyl (C=O) groups excluding carboxylic acids is 3. The number of rotatable bonds is 7. The van der Waals surface area contributed by atoms with Crippen molar-refractivity contribution in [2.45, 2.75) is 6.04 Å². The van der Waals surface area contributed by atoms with Gasteiger partial charge in [-0.3, -0.25) is 9.59 Å². The molecule has 2 aromatic rings. The van der Waals surface area contributed by atoms with Gasteiger partial charge in [0, 0.05) is 18.7 Å². The third-order valence-corrected chi connectivity index (χ3v) is 5.40. The van der Waals surface area contributed by atoms with Gasteiger partial charge < -0.3 is 24.4 Å². The molecule has 9 heteroatoms. The molecule has 1 fully saturated rings. The Labute approximate surface area is 190 Å². The summed E-state index contributed by atoms with van der Waals surface area (Å²) in [5, 5.41) is 11.0. The van der Waals surface area contributed by atoms with Gasteiger partial charge in [-0.2, -0.15) is 0 Å². The van der Waals surface area contributed by atoms with Gasteiger partial charge in [-0.25, -0.2) is 9.18 Å². The molecule has 8 nitrogen and oxygen atoms in total. The number of esters is 1. The number of methoxy groups -OCH3 is 2. The fourth-order valence-electron chi connectivity index (χ4n) is 3.65. The van der Waals surface area contributed by atoms with Crippen LogP contribution in [0.1, 0.15) is 27.5 Å². The summed E-state index contributed by atoms with van der Waals surface area (Å²) in [5.74, 6) is -3.41. The fourth-order valence-corrected chi connectivity index (χ4v) is 3.65. The van der Waals surface area contributed by atoms with E-state index in [9.17, 15) is 23.9 Å². The van der Waals surface area contributed by atoms with E-state index >= 15 is 0 Å². The second kappa shape index (κ2) is 9.83. The lowest BCUT2D eigenvalue weighted by atomic mass is 9.94. The maximum atomic E-state index is 14.3. The van der Waals surface area contributed by atoms with Crippen LogP contribution in [0.25, 0.3) is 5.76 Å². The molecule has 33 heavy (non-hydrogen) atoms. The molecule has 0 unspecified atom stereocenters. The topological polar surface area (TPSA) is 96.4 Å². The van der Waals surface area contributed by atoms with Gasteiger partial charge in [0.25, 0.3) is 11.7 Å². The molecule has 1 atom stereocenters. The van der Waals surface area contributed by atoms with E-state index in [1.165, 1.54) is 43.4 Å². The van der Waals surface area contributed by atoms with Gasteiger partial charge in [-0.05, 0) is 50.0 Å². The van der Waals surface area contributed by atoms with Crippen LogP contribution in [0.4, 0.5) is 4.39 Å². The Morgan fingerprint density at radius 2 is 1.73 bits per heavy atom. The molecule has 0 saturated carbocycles. The van der Waals surface area contributed by atoms with Crippen molar-refractivity contribution in [2.24, 2.45) is 0 Å². The Morgan fingerprint density at radius 1 is 1.09 bits per heavy atom. The van der Waals surface area contributed by atoms with Gasteiger partial charge in [-0.15, -0.1) is 0 Å². The van der Waals surface area contributed by atoms with Crippen molar-refractivity contribution < 1.29 is 33.4 Å². The number of ketones is 1. The highest BCUT2D eigenvalue weighted by Gasteiger charge is 2.46. The van der Waals surface area contributed by atoms with Crippen molar-refractivity contribution in [3.8, 4) is 5.75 Å². The number of aliphatic hydroxyl groups excluding tert-OH is 1.